The van der Waals surface area contributed by atoms with Crippen LogP contribution in [0.15, 0.2) is 54.9 Å². The fraction of sp³-hybridized carbons (Fsp3) is 0.300. The minimum absolute atomic E-state index is 0.842. The van der Waals surface area contributed by atoms with Crippen molar-refractivity contribution in [1.29, 1.82) is 0 Å². The van der Waals surface area contributed by atoms with E-state index in [1.165, 1.54) is 29.4 Å². The molecule has 2 aromatic heterocycles. The van der Waals surface area contributed by atoms with Gasteiger partial charge in [0, 0.05) is 30.9 Å². The van der Waals surface area contributed by atoms with E-state index in [4.69, 9.17) is 4.98 Å². The lowest BCUT2D eigenvalue weighted by Gasteiger charge is -2.31. The minimum atomic E-state index is 0.842. The second kappa shape index (κ2) is 5.99. The van der Waals surface area contributed by atoms with Gasteiger partial charge < -0.3 is 4.90 Å². The van der Waals surface area contributed by atoms with E-state index in [0.29, 0.717) is 0 Å². The molecule has 0 aliphatic carbocycles. The molecule has 1 saturated heterocycles. The van der Waals surface area contributed by atoms with Crippen LogP contribution in [-0.4, -0.2) is 23.1 Å². The van der Waals surface area contributed by atoms with Crippen molar-refractivity contribution < 1.29 is 0 Å². The van der Waals surface area contributed by atoms with Crippen LogP contribution in [0.5, 0.6) is 0 Å². The molecule has 3 aromatic rings. The Morgan fingerprint density at radius 3 is 2.48 bits per heavy atom. The number of fused-ring (bicyclic) bond motifs is 1. The number of benzene rings is 1. The van der Waals surface area contributed by atoms with Gasteiger partial charge in [-0.05, 0) is 66.3 Å². The monoisotopic (exact) mass is 303 g/mol. The lowest BCUT2D eigenvalue weighted by molar-refractivity contribution is 0.437. The Morgan fingerprint density at radius 2 is 1.70 bits per heavy atom. The predicted octanol–water partition coefficient (Wildman–Crippen LogP) is 4.53. The summed E-state index contributed by atoms with van der Waals surface area (Å²) >= 11 is 0. The van der Waals surface area contributed by atoms with E-state index >= 15 is 0 Å². The van der Waals surface area contributed by atoms with Crippen LogP contribution in [0.3, 0.4) is 0 Å². The number of aromatic nitrogens is 2. The fourth-order valence-corrected chi connectivity index (χ4v) is 3.25. The summed E-state index contributed by atoms with van der Waals surface area (Å²) in [5.41, 5.74) is 3.47. The summed E-state index contributed by atoms with van der Waals surface area (Å²) in [6.45, 7) is 4.58. The first-order valence-electron chi connectivity index (χ1n) is 8.36. The van der Waals surface area contributed by atoms with Crippen LogP contribution in [0.1, 0.15) is 19.8 Å². The van der Waals surface area contributed by atoms with Crippen molar-refractivity contribution in [2.24, 2.45) is 5.92 Å². The van der Waals surface area contributed by atoms with E-state index in [1.54, 1.807) is 0 Å². The molecule has 3 heteroatoms. The summed E-state index contributed by atoms with van der Waals surface area (Å²) in [5, 5.41) is 1.19. The van der Waals surface area contributed by atoms with Gasteiger partial charge in [-0.25, -0.2) is 4.98 Å². The molecule has 4 rings (SSSR count). The molecule has 3 nitrogen and oxygen atoms in total. The van der Waals surface area contributed by atoms with Crippen LogP contribution < -0.4 is 4.90 Å². The van der Waals surface area contributed by atoms with Crippen LogP contribution in [-0.2, 0) is 0 Å². The Labute approximate surface area is 137 Å². The van der Waals surface area contributed by atoms with Gasteiger partial charge in [0.2, 0.25) is 0 Å². The lowest BCUT2D eigenvalue weighted by Crippen LogP contribution is -2.33. The summed E-state index contributed by atoms with van der Waals surface area (Å²) in [6, 6.07) is 14.9. The second-order valence-corrected chi connectivity index (χ2v) is 6.48. The highest BCUT2D eigenvalue weighted by atomic mass is 15.2. The highest BCUT2D eigenvalue weighted by molar-refractivity contribution is 5.85. The first-order chi connectivity index (χ1) is 11.3. The van der Waals surface area contributed by atoms with Gasteiger partial charge in [-0.1, -0.05) is 13.0 Å². The highest BCUT2D eigenvalue weighted by Gasteiger charge is 2.17. The van der Waals surface area contributed by atoms with E-state index in [2.05, 4.69) is 47.1 Å². The topological polar surface area (TPSA) is 29.0 Å². The third kappa shape index (κ3) is 2.91. The Kier molecular flexibility index (Phi) is 3.70. The highest BCUT2D eigenvalue weighted by Crippen LogP contribution is 2.26. The van der Waals surface area contributed by atoms with Gasteiger partial charge in [0.05, 0.1) is 5.52 Å². The second-order valence-electron chi connectivity index (χ2n) is 6.48. The number of rotatable bonds is 2. The minimum Gasteiger partial charge on any atom is -0.357 e. The maximum absolute atomic E-state index is 4.87. The molecule has 0 saturated carbocycles. The predicted molar refractivity (Wildman–Crippen MR) is 95.6 cm³/mol. The van der Waals surface area contributed by atoms with Gasteiger partial charge in [-0.15, -0.1) is 0 Å². The van der Waals surface area contributed by atoms with Gasteiger partial charge in [-0.3, -0.25) is 4.98 Å². The fourth-order valence-electron chi connectivity index (χ4n) is 3.25. The lowest BCUT2D eigenvalue weighted by atomic mass is 9.99. The van der Waals surface area contributed by atoms with Crippen molar-refractivity contribution in [1.82, 2.24) is 9.97 Å². The van der Waals surface area contributed by atoms with Gasteiger partial charge >= 0.3 is 0 Å². The van der Waals surface area contributed by atoms with Crippen LogP contribution in [0, 0.1) is 5.92 Å². The van der Waals surface area contributed by atoms with Crippen molar-refractivity contribution in [3.8, 4) is 11.1 Å². The molecular formula is C20H21N3. The summed E-state index contributed by atoms with van der Waals surface area (Å²) in [4.78, 5) is 11.4. The molecule has 23 heavy (non-hydrogen) atoms. The summed E-state index contributed by atoms with van der Waals surface area (Å²) < 4.78 is 0. The zero-order valence-electron chi connectivity index (χ0n) is 13.4. The van der Waals surface area contributed by atoms with Crippen molar-refractivity contribution in [2.75, 3.05) is 18.0 Å². The Balaban J connectivity index is 1.65. The molecule has 0 amide bonds. The number of pyridine rings is 2. The molecule has 1 aliphatic heterocycles. The summed E-state index contributed by atoms with van der Waals surface area (Å²) in [5.74, 6) is 1.95. The first kappa shape index (κ1) is 14.2. The van der Waals surface area contributed by atoms with E-state index in [1.807, 2.05) is 24.5 Å². The van der Waals surface area contributed by atoms with Gasteiger partial charge in [-0.2, -0.15) is 0 Å². The van der Waals surface area contributed by atoms with E-state index < -0.39 is 0 Å². The molecule has 116 valence electrons. The maximum Gasteiger partial charge on any atom is 0.129 e. The average molecular weight is 303 g/mol. The molecule has 0 bridgehead atoms. The van der Waals surface area contributed by atoms with Crippen molar-refractivity contribution >= 4 is 16.7 Å². The van der Waals surface area contributed by atoms with Gasteiger partial charge in [0.1, 0.15) is 5.82 Å². The standard InChI is InChI=1S/C20H21N3/c1-15-8-12-23(13-9-15)20-5-3-18-14-17(2-4-19(18)22-20)16-6-10-21-11-7-16/h2-7,10-11,14-15H,8-9,12-13H2,1H3. The molecule has 1 fully saturated rings. The first-order valence-corrected chi connectivity index (χ1v) is 8.36. The Hall–Kier alpha value is -2.42. The molecule has 1 aliphatic rings. The number of anilines is 1. The van der Waals surface area contributed by atoms with Crippen LogP contribution in [0.4, 0.5) is 5.82 Å². The summed E-state index contributed by atoms with van der Waals surface area (Å²) in [7, 11) is 0. The van der Waals surface area contributed by atoms with Crippen LogP contribution >= 0.6 is 0 Å². The molecule has 0 unspecified atom stereocenters. The molecule has 0 N–H and O–H groups in total. The maximum atomic E-state index is 4.87. The molecule has 3 heterocycles. The Morgan fingerprint density at radius 1 is 0.913 bits per heavy atom. The third-order valence-corrected chi connectivity index (χ3v) is 4.80. The number of hydrogen-bond donors (Lipinski definition) is 0. The van der Waals surface area contributed by atoms with Crippen molar-refractivity contribution in [3.63, 3.8) is 0 Å². The zero-order chi connectivity index (χ0) is 15.6. The van der Waals surface area contributed by atoms with E-state index in [9.17, 15) is 0 Å². The molecule has 0 spiro atoms. The van der Waals surface area contributed by atoms with E-state index in [-0.39, 0.29) is 0 Å². The van der Waals surface area contributed by atoms with Gasteiger partial charge in [0.15, 0.2) is 0 Å². The Bertz CT molecular complexity index is 805. The number of hydrogen-bond acceptors (Lipinski definition) is 3. The third-order valence-electron chi connectivity index (χ3n) is 4.80. The number of piperidine rings is 1. The average Bonchev–Trinajstić information content (AvgIpc) is 2.62. The van der Waals surface area contributed by atoms with Crippen LogP contribution in [0.2, 0.25) is 0 Å². The van der Waals surface area contributed by atoms with E-state index in [0.717, 1.165) is 30.3 Å². The molecular weight excluding hydrogens is 282 g/mol. The van der Waals surface area contributed by atoms with Gasteiger partial charge in [0.25, 0.3) is 0 Å². The molecule has 0 atom stereocenters. The summed E-state index contributed by atoms with van der Waals surface area (Å²) in [6.07, 6.45) is 6.19. The molecule has 1 aromatic carbocycles. The smallest absolute Gasteiger partial charge is 0.129 e. The zero-order valence-corrected chi connectivity index (χ0v) is 13.4. The molecule has 0 radical (unpaired) electrons. The number of nitrogens with zero attached hydrogens (tertiary/aromatic N) is 3. The SMILES string of the molecule is CC1CCN(c2ccc3cc(-c4ccncc4)ccc3n2)CC1. The normalized spacial score (nSPS) is 16.0. The van der Waals surface area contributed by atoms with Crippen molar-refractivity contribution in [2.45, 2.75) is 19.8 Å². The quantitative estimate of drug-likeness (QED) is 0.696. The van der Waals surface area contributed by atoms with Crippen LogP contribution in [0.25, 0.3) is 22.0 Å². The largest absolute Gasteiger partial charge is 0.357 e. The van der Waals surface area contributed by atoms with Crippen molar-refractivity contribution in [3.05, 3.63) is 54.9 Å².